The van der Waals surface area contributed by atoms with E-state index in [1.54, 1.807) is 7.11 Å². The van der Waals surface area contributed by atoms with E-state index in [9.17, 15) is 0 Å². The highest BCUT2D eigenvalue weighted by molar-refractivity contribution is 5.40. The molecule has 0 aliphatic carbocycles. The lowest BCUT2D eigenvalue weighted by atomic mass is 10.1. The molecule has 2 aromatic rings. The van der Waals surface area contributed by atoms with Crippen molar-refractivity contribution >= 4 is 0 Å². The molecule has 0 spiro atoms. The Morgan fingerprint density at radius 2 is 2.10 bits per heavy atom. The molecule has 21 heavy (non-hydrogen) atoms. The van der Waals surface area contributed by atoms with E-state index in [0.717, 1.165) is 29.3 Å². The van der Waals surface area contributed by atoms with E-state index in [1.165, 1.54) is 0 Å². The van der Waals surface area contributed by atoms with Gasteiger partial charge in [-0.05, 0) is 25.1 Å². The molecule has 0 radical (unpaired) electrons. The second-order valence-corrected chi connectivity index (χ2v) is 5.23. The highest BCUT2D eigenvalue weighted by atomic mass is 16.5. The fourth-order valence-corrected chi connectivity index (χ4v) is 1.91. The van der Waals surface area contributed by atoms with Crippen molar-refractivity contribution in [2.24, 2.45) is 0 Å². The van der Waals surface area contributed by atoms with E-state index in [2.05, 4.69) is 24.3 Å². The van der Waals surface area contributed by atoms with E-state index >= 15 is 0 Å². The normalized spacial score (nSPS) is 10.9. The van der Waals surface area contributed by atoms with Gasteiger partial charge in [0.05, 0.1) is 12.8 Å². The molecule has 0 bridgehead atoms. The minimum Gasteiger partial charge on any atom is -0.497 e. The highest BCUT2D eigenvalue weighted by Crippen LogP contribution is 2.25. The lowest BCUT2D eigenvalue weighted by molar-refractivity contribution is 0.246. The maximum absolute atomic E-state index is 5.84. The van der Waals surface area contributed by atoms with Gasteiger partial charge >= 0.3 is 0 Å². The summed E-state index contributed by atoms with van der Waals surface area (Å²) in [7, 11) is 1.66. The van der Waals surface area contributed by atoms with Crippen LogP contribution < -0.4 is 14.8 Å². The van der Waals surface area contributed by atoms with Gasteiger partial charge in [-0.1, -0.05) is 19.0 Å². The molecule has 1 N–H and O–H groups in total. The topological polar surface area (TPSA) is 56.5 Å². The summed E-state index contributed by atoms with van der Waals surface area (Å²) >= 11 is 0. The van der Waals surface area contributed by atoms with Gasteiger partial charge in [0.25, 0.3) is 0 Å². The Labute approximate surface area is 125 Å². The molecule has 114 valence electrons. The van der Waals surface area contributed by atoms with Gasteiger partial charge in [0.2, 0.25) is 0 Å². The number of hydrogen-bond acceptors (Lipinski definition) is 5. The molecule has 0 saturated carbocycles. The quantitative estimate of drug-likeness (QED) is 0.849. The standard InChI is InChI=1S/C16H22N2O3/c1-11(2)17-9-13-8-14(19-4)5-6-16(13)20-10-15-7-12(3)18-21-15/h5-8,11,17H,9-10H2,1-4H3. The SMILES string of the molecule is COc1ccc(OCc2cc(C)no2)c(CNC(C)C)c1. The van der Waals surface area contributed by atoms with Crippen molar-refractivity contribution in [2.75, 3.05) is 7.11 Å². The number of aryl methyl sites for hydroxylation is 1. The van der Waals surface area contributed by atoms with Crippen LogP contribution in [0.25, 0.3) is 0 Å². The third-order valence-electron chi connectivity index (χ3n) is 3.02. The Balaban J connectivity index is 2.09. The fourth-order valence-electron chi connectivity index (χ4n) is 1.91. The van der Waals surface area contributed by atoms with Crippen molar-refractivity contribution < 1.29 is 14.0 Å². The van der Waals surface area contributed by atoms with Crippen LogP contribution in [0.1, 0.15) is 30.9 Å². The highest BCUT2D eigenvalue weighted by Gasteiger charge is 2.08. The summed E-state index contributed by atoms with van der Waals surface area (Å²) < 4.78 is 16.3. The first-order valence-electron chi connectivity index (χ1n) is 7.03. The monoisotopic (exact) mass is 290 g/mol. The average molecular weight is 290 g/mol. The van der Waals surface area contributed by atoms with Crippen LogP contribution in [0, 0.1) is 6.92 Å². The number of hydrogen-bond donors (Lipinski definition) is 1. The van der Waals surface area contributed by atoms with Crippen LogP contribution in [0.3, 0.4) is 0 Å². The first-order valence-corrected chi connectivity index (χ1v) is 7.03. The Hall–Kier alpha value is -2.01. The lowest BCUT2D eigenvalue weighted by Crippen LogP contribution is -2.22. The van der Waals surface area contributed by atoms with Crippen LogP contribution in [0.4, 0.5) is 0 Å². The summed E-state index contributed by atoms with van der Waals surface area (Å²) in [4.78, 5) is 0. The molecule has 0 saturated heterocycles. The molecule has 0 unspecified atom stereocenters. The predicted octanol–water partition coefficient (Wildman–Crippen LogP) is 3.07. The molecule has 0 amide bonds. The van der Waals surface area contributed by atoms with E-state index < -0.39 is 0 Å². The maximum Gasteiger partial charge on any atom is 0.174 e. The zero-order valence-corrected chi connectivity index (χ0v) is 13.0. The average Bonchev–Trinajstić information content (AvgIpc) is 2.88. The molecular weight excluding hydrogens is 268 g/mol. The molecule has 1 aromatic carbocycles. The van der Waals surface area contributed by atoms with Crippen molar-refractivity contribution in [3.63, 3.8) is 0 Å². The largest absolute Gasteiger partial charge is 0.497 e. The summed E-state index contributed by atoms with van der Waals surface area (Å²) in [5.74, 6) is 2.35. The smallest absolute Gasteiger partial charge is 0.174 e. The fraction of sp³-hybridized carbons (Fsp3) is 0.438. The Morgan fingerprint density at radius 3 is 2.71 bits per heavy atom. The maximum atomic E-state index is 5.84. The van der Waals surface area contributed by atoms with Gasteiger partial charge in [-0.3, -0.25) is 0 Å². The zero-order valence-electron chi connectivity index (χ0n) is 13.0. The molecule has 0 aliphatic rings. The Bertz CT molecular complexity index is 579. The van der Waals surface area contributed by atoms with Crippen molar-refractivity contribution in [1.29, 1.82) is 0 Å². The van der Waals surface area contributed by atoms with Gasteiger partial charge in [-0.15, -0.1) is 0 Å². The molecule has 0 fully saturated rings. The third-order valence-corrected chi connectivity index (χ3v) is 3.02. The van der Waals surface area contributed by atoms with Crippen LogP contribution in [0.5, 0.6) is 11.5 Å². The number of nitrogens with zero attached hydrogens (tertiary/aromatic N) is 1. The Kier molecular flexibility index (Phi) is 5.22. The van der Waals surface area contributed by atoms with E-state index in [4.69, 9.17) is 14.0 Å². The predicted molar refractivity (Wildman–Crippen MR) is 80.5 cm³/mol. The molecule has 5 heteroatoms. The first kappa shape index (κ1) is 15.4. The van der Waals surface area contributed by atoms with Crippen molar-refractivity contribution in [3.05, 3.63) is 41.3 Å². The Morgan fingerprint density at radius 1 is 1.29 bits per heavy atom. The first-order chi connectivity index (χ1) is 10.1. The minimum atomic E-state index is 0.363. The van der Waals surface area contributed by atoms with Gasteiger partial charge in [0.15, 0.2) is 5.76 Å². The number of nitrogens with one attached hydrogen (secondary N) is 1. The van der Waals surface area contributed by atoms with E-state index in [-0.39, 0.29) is 0 Å². The summed E-state index contributed by atoms with van der Waals surface area (Å²) in [6, 6.07) is 8.06. The lowest BCUT2D eigenvalue weighted by Gasteiger charge is -2.14. The summed E-state index contributed by atoms with van der Waals surface area (Å²) in [5.41, 5.74) is 1.91. The number of aromatic nitrogens is 1. The van der Waals surface area contributed by atoms with Crippen LogP contribution in [0.2, 0.25) is 0 Å². The minimum absolute atomic E-state index is 0.363. The van der Waals surface area contributed by atoms with Crippen LogP contribution in [0.15, 0.2) is 28.8 Å². The van der Waals surface area contributed by atoms with Gasteiger partial charge in [-0.2, -0.15) is 0 Å². The van der Waals surface area contributed by atoms with Crippen molar-refractivity contribution in [2.45, 2.75) is 40.0 Å². The van der Waals surface area contributed by atoms with Gasteiger partial charge in [0, 0.05) is 24.2 Å². The molecule has 0 atom stereocenters. The summed E-state index contributed by atoms with van der Waals surface area (Å²) in [6.45, 7) is 7.19. The van der Waals surface area contributed by atoms with E-state index in [0.29, 0.717) is 18.4 Å². The molecule has 0 aliphatic heterocycles. The second-order valence-electron chi connectivity index (χ2n) is 5.23. The van der Waals surface area contributed by atoms with Crippen LogP contribution in [-0.2, 0) is 13.2 Å². The van der Waals surface area contributed by atoms with Crippen LogP contribution in [-0.4, -0.2) is 18.3 Å². The molecule has 2 rings (SSSR count). The molecule has 1 aromatic heterocycles. The van der Waals surface area contributed by atoms with Gasteiger partial charge < -0.3 is 19.3 Å². The third kappa shape index (κ3) is 4.49. The molecule has 5 nitrogen and oxygen atoms in total. The van der Waals surface area contributed by atoms with Gasteiger partial charge in [0.1, 0.15) is 18.1 Å². The van der Waals surface area contributed by atoms with Gasteiger partial charge in [-0.25, -0.2) is 0 Å². The second kappa shape index (κ2) is 7.13. The summed E-state index contributed by atoms with van der Waals surface area (Å²) in [6.07, 6.45) is 0. The number of methoxy groups -OCH3 is 1. The number of ether oxygens (including phenoxy) is 2. The molecular formula is C16H22N2O3. The van der Waals surface area contributed by atoms with Crippen LogP contribution >= 0.6 is 0 Å². The summed E-state index contributed by atoms with van der Waals surface area (Å²) in [5, 5.41) is 7.24. The molecule has 1 heterocycles. The van der Waals surface area contributed by atoms with Crippen molar-refractivity contribution in [3.8, 4) is 11.5 Å². The number of benzene rings is 1. The zero-order chi connectivity index (χ0) is 15.2. The van der Waals surface area contributed by atoms with Crippen molar-refractivity contribution in [1.82, 2.24) is 10.5 Å². The number of rotatable bonds is 7. The van der Waals surface area contributed by atoms with E-state index in [1.807, 2.05) is 31.2 Å².